The second-order valence-electron chi connectivity index (χ2n) is 6.14. The first-order valence-corrected chi connectivity index (χ1v) is 8.28. The molecule has 2 N–H and O–H groups in total. The van der Waals surface area contributed by atoms with Gasteiger partial charge in [-0.1, -0.05) is 19.3 Å². The molecule has 0 bridgehead atoms. The van der Waals surface area contributed by atoms with Crippen molar-refractivity contribution in [2.45, 2.75) is 50.5 Å². The van der Waals surface area contributed by atoms with Gasteiger partial charge in [0.1, 0.15) is 5.82 Å². The number of hydrogen-bond donors (Lipinski definition) is 2. The molecule has 0 radical (unpaired) electrons. The van der Waals surface area contributed by atoms with Crippen LogP contribution in [-0.4, -0.2) is 40.3 Å². The molecule has 1 aliphatic heterocycles. The smallest absolute Gasteiger partial charge is 0.404 e. The van der Waals surface area contributed by atoms with Crippen LogP contribution in [0.25, 0.3) is 0 Å². The average Bonchev–Trinajstić information content (AvgIpc) is 2.95. The molecule has 1 saturated carbocycles. The summed E-state index contributed by atoms with van der Waals surface area (Å²) >= 11 is 6.11. The van der Waals surface area contributed by atoms with E-state index in [-0.39, 0.29) is 11.3 Å². The van der Waals surface area contributed by atoms with Gasteiger partial charge in [0, 0.05) is 25.1 Å². The van der Waals surface area contributed by atoms with Crippen molar-refractivity contribution >= 4 is 23.5 Å². The zero-order valence-corrected chi connectivity index (χ0v) is 13.2. The molecular weight excluding hydrogens is 304 g/mol. The van der Waals surface area contributed by atoms with Crippen LogP contribution in [0.4, 0.5) is 10.6 Å². The van der Waals surface area contributed by atoms with Crippen LogP contribution in [0.5, 0.6) is 0 Å². The Bertz CT molecular complexity index is 548. The molecule has 1 saturated heterocycles. The van der Waals surface area contributed by atoms with Crippen LogP contribution in [0, 0.1) is 0 Å². The Balaban J connectivity index is 1.73. The first-order chi connectivity index (χ1) is 10.6. The minimum absolute atomic E-state index is 0.0515. The normalized spacial score (nSPS) is 22.8. The van der Waals surface area contributed by atoms with Crippen LogP contribution in [0.2, 0.25) is 5.28 Å². The Morgan fingerprint density at radius 2 is 2.05 bits per heavy atom. The zero-order chi connectivity index (χ0) is 15.5. The van der Waals surface area contributed by atoms with Crippen molar-refractivity contribution in [1.82, 2.24) is 15.3 Å². The Morgan fingerprint density at radius 1 is 1.27 bits per heavy atom. The van der Waals surface area contributed by atoms with Gasteiger partial charge in [-0.25, -0.2) is 14.8 Å². The number of aromatic nitrogens is 2. The highest BCUT2D eigenvalue weighted by atomic mass is 35.5. The highest BCUT2D eigenvalue weighted by molar-refractivity contribution is 6.28. The minimum Gasteiger partial charge on any atom is -0.465 e. The topological polar surface area (TPSA) is 78.4 Å². The lowest BCUT2D eigenvalue weighted by atomic mass is 9.87. The number of anilines is 1. The highest BCUT2D eigenvalue weighted by Crippen LogP contribution is 2.33. The number of nitrogens with one attached hydrogen (secondary N) is 1. The van der Waals surface area contributed by atoms with Gasteiger partial charge in [-0.05, 0) is 30.9 Å². The standard InChI is InChI=1S/C15H21ClN4O2/c16-14-18-12(10-4-2-1-3-5-10)8-13(19-14)20-7-6-11(9-20)17-15(21)22/h8,10-11,17H,1-7,9H2,(H,21,22)/t11-/m1/s1. The molecule has 2 fully saturated rings. The van der Waals surface area contributed by atoms with Crippen molar-refractivity contribution in [3.63, 3.8) is 0 Å². The monoisotopic (exact) mass is 324 g/mol. The molecule has 1 aromatic rings. The van der Waals surface area contributed by atoms with E-state index in [0.29, 0.717) is 12.5 Å². The van der Waals surface area contributed by atoms with E-state index in [1.54, 1.807) is 0 Å². The van der Waals surface area contributed by atoms with Gasteiger partial charge in [0.2, 0.25) is 5.28 Å². The fraction of sp³-hybridized carbons (Fsp3) is 0.667. The van der Waals surface area contributed by atoms with Crippen LogP contribution < -0.4 is 10.2 Å². The predicted octanol–water partition coefficient (Wildman–Crippen LogP) is 3.02. The van der Waals surface area contributed by atoms with Gasteiger partial charge in [-0.3, -0.25) is 0 Å². The van der Waals surface area contributed by atoms with Crippen LogP contribution in [0.15, 0.2) is 6.07 Å². The van der Waals surface area contributed by atoms with Gasteiger partial charge in [-0.15, -0.1) is 0 Å². The lowest BCUT2D eigenvalue weighted by molar-refractivity contribution is 0.191. The average molecular weight is 325 g/mol. The van der Waals surface area contributed by atoms with E-state index >= 15 is 0 Å². The predicted molar refractivity (Wildman–Crippen MR) is 84.6 cm³/mol. The molecule has 22 heavy (non-hydrogen) atoms. The molecule has 1 aromatic heterocycles. The number of hydrogen-bond acceptors (Lipinski definition) is 4. The van der Waals surface area contributed by atoms with Crippen LogP contribution >= 0.6 is 11.6 Å². The van der Waals surface area contributed by atoms with Crippen molar-refractivity contribution in [2.24, 2.45) is 0 Å². The number of carboxylic acid groups (broad SMARTS) is 1. The van der Waals surface area contributed by atoms with Crippen molar-refractivity contribution in [3.05, 3.63) is 17.0 Å². The van der Waals surface area contributed by atoms with E-state index < -0.39 is 6.09 Å². The summed E-state index contributed by atoms with van der Waals surface area (Å²) in [5.74, 6) is 1.29. The molecule has 2 heterocycles. The van der Waals surface area contributed by atoms with Gasteiger partial charge in [0.25, 0.3) is 0 Å². The first-order valence-electron chi connectivity index (χ1n) is 7.90. The summed E-state index contributed by atoms with van der Waals surface area (Å²) in [6, 6.07) is 1.98. The minimum atomic E-state index is -0.976. The SMILES string of the molecule is O=C(O)N[C@@H]1CCN(c2cc(C3CCCCC3)nc(Cl)n2)C1. The Kier molecular flexibility index (Phi) is 4.66. The number of carbonyl (C=O) groups is 1. The molecule has 3 rings (SSSR count). The molecule has 1 amide bonds. The first kappa shape index (κ1) is 15.3. The fourth-order valence-corrected chi connectivity index (χ4v) is 3.64. The molecule has 1 aliphatic carbocycles. The molecular formula is C15H21ClN4O2. The molecule has 120 valence electrons. The van der Waals surface area contributed by atoms with Gasteiger partial charge in [0.15, 0.2) is 0 Å². The van der Waals surface area contributed by atoms with Crippen molar-refractivity contribution in [3.8, 4) is 0 Å². The molecule has 7 heteroatoms. The summed E-state index contributed by atoms with van der Waals surface area (Å²) < 4.78 is 0. The summed E-state index contributed by atoms with van der Waals surface area (Å²) in [6.07, 6.45) is 5.93. The van der Waals surface area contributed by atoms with E-state index in [0.717, 1.165) is 37.3 Å². The number of amides is 1. The summed E-state index contributed by atoms with van der Waals surface area (Å²) in [7, 11) is 0. The second-order valence-corrected chi connectivity index (χ2v) is 6.47. The number of halogens is 1. The van der Waals surface area contributed by atoms with Gasteiger partial charge in [-0.2, -0.15) is 0 Å². The number of rotatable bonds is 3. The van der Waals surface area contributed by atoms with E-state index in [2.05, 4.69) is 20.2 Å². The molecule has 1 atom stereocenters. The Hall–Kier alpha value is -1.56. The molecule has 0 spiro atoms. The van der Waals surface area contributed by atoms with Gasteiger partial charge in [0.05, 0.1) is 11.7 Å². The van der Waals surface area contributed by atoms with Gasteiger partial charge >= 0.3 is 6.09 Å². The van der Waals surface area contributed by atoms with Gasteiger partial charge < -0.3 is 15.3 Å². The van der Waals surface area contributed by atoms with Crippen LogP contribution in [0.1, 0.15) is 50.1 Å². The van der Waals surface area contributed by atoms with Crippen LogP contribution in [-0.2, 0) is 0 Å². The Morgan fingerprint density at radius 3 is 2.77 bits per heavy atom. The quantitative estimate of drug-likeness (QED) is 0.836. The van der Waals surface area contributed by atoms with Crippen LogP contribution in [0.3, 0.4) is 0 Å². The van der Waals surface area contributed by atoms with E-state index in [1.165, 1.54) is 19.3 Å². The third-order valence-corrected chi connectivity index (χ3v) is 4.74. The molecule has 0 unspecified atom stereocenters. The number of nitrogens with zero attached hydrogens (tertiary/aromatic N) is 3. The van der Waals surface area contributed by atoms with Crippen molar-refractivity contribution < 1.29 is 9.90 Å². The van der Waals surface area contributed by atoms with Crippen molar-refractivity contribution in [1.29, 1.82) is 0 Å². The maximum Gasteiger partial charge on any atom is 0.404 e. The summed E-state index contributed by atoms with van der Waals surface area (Å²) in [5.41, 5.74) is 1.03. The summed E-state index contributed by atoms with van der Waals surface area (Å²) in [6.45, 7) is 1.41. The largest absolute Gasteiger partial charge is 0.465 e. The fourth-order valence-electron chi connectivity index (χ4n) is 3.45. The highest BCUT2D eigenvalue weighted by Gasteiger charge is 2.26. The molecule has 0 aromatic carbocycles. The maximum absolute atomic E-state index is 10.7. The third-order valence-electron chi connectivity index (χ3n) is 4.57. The lowest BCUT2D eigenvalue weighted by Crippen LogP contribution is -2.36. The molecule has 6 nitrogen and oxygen atoms in total. The summed E-state index contributed by atoms with van der Waals surface area (Å²) in [4.78, 5) is 21.6. The summed E-state index contributed by atoms with van der Waals surface area (Å²) in [5, 5.41) is 11.6. The Labute approximate surface area is 134 Å². The van der Waals surface area contributed by atoms with E-state index in [4.69, 9.17) is 16.7 Å². The van der Waals surface area contributed by atoms with E-state index in [1.807, 2.05) is 6.07 Å². The van der Waals surface area contributed by atoms with E-state index in [9.17, 15) is 4.79 Å². The zero-order valence-electron chi connectivity index (χ0n) is 12.5. The molecule has 2 aliphatic rings. The third kappa shape index (κ3) is 3.61. The van der Waals surface area contributed by atoms with Crippen molar-refractivity contribution in [2.75, 3.05) is 18.0 Å². The maximum atomic E-state index is 10.7. The second kappa shape index (κ2) is 6.69. The lowest BCUT2D eigenvalue weighted by Gasteiger charge is -2.23.